The average Bonchev–Trinajstić information content (AvgIpc) is 3.12. The molecule has 0 fully saturated rings. The predicted octanol–water partition coefficient (Wildman–Crippen LogP) is 7.50. The molecule has 0 saturated carbocycles. The van der Waals surface area contributed by atoms with Crippen LogP contribution in [0.15, 0.2) is 76.5 Å². The Morgan fingerprint density at radius 1 is 1.24 bits per heavy atom. The van der Waals surface area contributed by atoms with Gasteiger partial charge in [0, 0.05) is 49.2 Å². The summed E-state index contributed by atoms with van der Waals surface area (Å²) in [6, 6.07) is 0. The molecule has 4 nitrogen and oxygen atoms in total. The molecular formula is C30H42N4. The van der Waals surface area contributed by atoms with E-state index in [9.17, 15) is 0 Å². The van der Waals surface area contributed by atoms with Gasteiger partial charge < -0.3 is 4.90 Å². The standard InChI is InChI=1S/C30H42N4/c1-12-22(8)24(19-33(10)11)18-28(20(4)5)34-23(9)29(21(6)7)30(32-34)26-16-15-17-27(31-14-3)25(26)13-2/h12-13,15-19,21H,4,14H2,1-3,5-11H3/b22-12?,24-19-,25-13-,28-18+,31-27?. The van der Waals surface area contributed by atoms with E-state index in [-0.39, 0.29) is 0 Å². The largest absolute Gasteiger partial charge is 0.383 e. The highest BCUT2D eigenvalue weighted by atomic mass is 15.3. The summed E-state index contributed by atoms with van der Waals surface area (Å²) in [5.74, 6) is 0.320. The van der Waals surface area contributed by atoms with Crippen molar-refractivity contribution in [3.63, 3.8) is 0 Å². The van der Waals surface area contributed by atoms with Gasteiger partial charge in [-0.3, -0.25) is 4.99 Å². The van der Waals surface area contributed by atoms with Crippen LogP contribution in [0.4, 0.5) is 0 Å². The van der Waals surface area contributed by atoms with Crippen LogP contribution >= 0.6 is 0 Å². The van der Waals surface area contributed by atoms with E-state index in [1.807, 2.05) is 21.0 Å². The van der Waals surface area contributed by atoms with Crippen LogP contribution in [0.1, 0.15) is 71.3 Å². The summed E-state index contributed by atoms with van der Waals surface area (Å²) in [5, 5.41) is 5.22. The summed E-state index contributed by atoms with van der Waals surface area (Å²) in [7, 11) is 4.09. The van der Waals surface area contributed by atoms with Gasteiger partial charge in [-0.05, 0) is 76.3 Å². The van der Waals surface area contributed by atoms with Crippen LogP contribution in [0, 0.1) is 6.92 Å². The molecule has 0 saturated heterocycles. The molecule has 1 aliphatic rings. The summed E-state index contributed by atoms with van der Waals surface area (Å²) in [5.41, 5.74) is 11.0. The molecule has 34 heavy (non-hydrogen) atoms. The lowest BCUT2D eigenvalue weighted by Crippen LogP contribution is -2.09. The number of aliphatic imine (C=N–C) groups is 1. The van der Waals surface area contributed by atoms with E-state index in [1.165, 1.54) is 11.1 Å². The van der Waals surface area contributed by atoms with E-state index in [1.54, 1.807) is 0 Å². The zero-order valence-electron chi connectivity index (χ0n) is 22.8. The van der Waals surface area contributed by atoms with E-state index in [2.05, 4.69) is 107 Å². The third-order valence-corrected chi connectivity index (χ3v) is 5.94. The molecule has 0 spiro atoms. The zero-order valence-corrected chi connectivity index (χ0v) is 22.8. The second-order valence-electron chi connectivity index (χ2n) is 9.25. The van der Waals surface area contributed by atoms with Crippen LogP contribution in [0.25, 0.3) is 11.3 Å². The van der Waals surface area contributed by atoms with E-state index in [0.29, 0.717) is 5.92 Å². The van der Waals surface area contributed by atoms with Crippen molar-refractivity contribution in [3.8, 4) is 0 Å². The van der Waals surface area contributed by atoms with Crippen LogP contribution in [-0.2, 0) is 0 Å². The van der Waals surface area contributed by atoms with Crippen molar-refractivity contribution >= 4 is 17.0 Å². The average molecular weight is 459 g/mol. The molecule has 2 rings (SSSR count). The van der Waals surface area contributed by atoms with Gasteiger partial charge in [0.05, 0.1) is 17.1 Å². The molecule has 0 atom stereocenters. The normalized spacial score (nSPS) is 17.7. The molecule has 1 aliphatic carbocycles. The summed E-state index contributed by atoms with van der Waals surface area (Å²) < 4.78 is 2.07. The fraction of sp³-hybridized carbons (Fsp3) is 0.400. The van der Waals surface area contributed by atoms with Gasteiger partial charge in [-0.25, -0.2) is 4.68 Å². The first-order chi connectivity index (χ1) is 16.1. The molecule has 182 valence electrons. The smallest absolute Gasteiger partial charge is 0.0971 e. The molecule has 0 radical (unpaired) electrons. The van der Waals surface area contributed by atoms with Gasteiger partial charge in [-0.2, -0.15) is 5.10 Å². The molecule has 0 N–H and O–H groups in total. The first kappa shape index (κ1) is 27.1. The lowest BCUT2D eigenvalue weighted by molar-refractivity contribution is 0.560. The monoisotopic (exact) mass is 458 g/mol. The molecule has 0 bridgehead atoms. The first-order valence-electron chi connectivity index (χ1n) is 12.2. The van der Waals surface area contributed by atoms with Gasteiger partial charge in [0.15, 0.2) is 0 Å². The Bertz CT molecular complexity index is 1140. The lowest BCUT2D eigenvalue weighted by atomic mass is 9.88. The van der Waals surface area contributed by atoms with Gasteiger partial charge in [-0.15, -0.1) is 0 Å². The van der Waals surface area contributed by atoms with Crippen molar-refractivity contribution in [3.05, 3.63) is 88.5 Å². The summed E-state index contributed by atoms with van der Waals surface area (Å²) >= 11 is 0. The van der Waals surface area contributed by atoms with Gasteiger partial charge >= 0.3 is 0 Å². The quantitative estimate of drug-likeness (QED) is 0.378. The third-order valence-electron chi connectivity index (χ3n) is 5.94. The van der Waals surface area contributed by atoms with Crippen LogP contribution in [0.3, 0.4) is 0 Å². The minimum atomic E-state index is 0.320. The number of rotatable bonds is 8. The van der Waals surface area contributed by atoms with Gasteiger partial charge in [0.2, 0.25) is 0 Å². The Kier molecular flexibility index (Phi) is 9.43. The second kappa shape index (κ2) is 11.8. The van der Waals surface area contributed by atoms with E-state index < -0.39 is 0 Å². The highest BCUT2D eigenvalue weighted by Crippen LogP contribution is 2.36. The fourth-order valence-electron chi connectivity index (χ4n) is 4.22. The highest BCUT2D eigenvalue weighted by Gasteiger charge is 2.25. The highest BCUT2D eigenvalue weighted by molar-refractivity contribution is 6.20. The van der Waals surface area contributed by atoms with Crippen LogP contribution in [0.2, 0.25) is 0 Å². The number of nitrogens with zero attached hydrogens (tertiary/aromatic N) is 4. The minimum Gasteiger partial charge on any atom is -0.383 e. The SMILES string of the molecule is C=C(C)/C(=C\C(=C\N(C)C)C(C)=CC)n1nc(C2=CC=CC(=NCC)/C2=C\C)c(C(C)C)c1C. The molecule has 4 heteroatoms. The Hall–Kier alpha value is -3.14. The molecule has 0 aromatic carbocycles. The summed E-state index contributed by atoms with van der Waals surface area (Å²) in [6.45, 7) is 22.1. The van der Waals surface area contributed by atoms with Crippen LogP contribution < -0.4 is 0 Å². The van der Waals surface area contributed by atoms with E-state index >= 15 is 0 Å². The first-order valence-corrected chi connectivity index (χ1v) is 12.2. The number of aromatic nitrogens is 2. The Labute approximate surface area is 207 Å². The van der Waals surface area contributed by atoms with Gasteiger partial charge in [0.1, 0.15) is 0 Å². The van der Waals surface area contributed by atoms with Crippen LogP contribution in [0.5, 0.6) is 0 Å². The van der Waals surface area contributed by atoms with Crippen molar-refractivity contribution in [1.29, 1.82) is 0 Å². The summed E-state index contributed by atoms with van der Waals surface area (Å²) in [6.07, 6.45) is 14.9. The molecule has 0 aliphatic heterocycles. The van der Waals surface area contributed by atoms with Crippen molar-refractivity contribution < 1.29 is 0 Å². The van der Waals surface area contributed by atoms with Crippen LogP contribution in [-0.4, -0.2) is 41.0 Å². The maximum absolute atomic E-state index is 5.22. The maximum atomic E-state index is 5.22. The third kappa shape index (κ3) is 5.85. The second-order valence-corrected chi connectivity index (χ2v) is 9.25. The van der Waals surface area contributed by atoms with Crippen molar-refractivity contribution in [2.24, 2.45) is 4.99 Å². The number of hydrogen-bond acceptors (Lipinski definition) is 3. The van der Waals surface area contributed by atoms with Gasteiger partial charge in [-0.1, -0.05) is 44.7 Å². The number of allylic oxidation sites excluding steroid dienone is 12. The molecule has 0 unspecified atom stereocenters. The van der Waals surface area contributed by atoms with Gasteiger partial charge in [0.25, 0.3) is 0 Å². The molecule has 1 heterocycles. The van der Waals surface area contributed by atoms with Crippen molar-refractivity contribution in [2.75, 3.05) is 20.6 Å². The summed E-state index contributed by atoms with van der Waals surface area (Å²) in [4.78, 5) is 6.79. The maximum Gasteiger partial charge on any atom is 0.0971 e. The minimum absolute atomic E-state index is 0.320. The zero-order chi connectivity index (χ0) is 25.6. The Morgan fingerprint density at radius 3 is 2.41 bits per heavy atom. The lowest BCUT2D eigenvalue weighted by Gasteiger charge is -2.16. The van der Waals surface area contributed by atoms with Crippen molar-refractivity contribution in [1.82, 2.24) is 14.7 Å². The van der Waals surface area contributed by atoms with E-state index in [0.717, 1.165) is 51.6 Å². The number of hydrogen-bond donors (Lipinski definition) is 0. The Balaban J connectivity index is 2.83. The van der Waals surface area contributed by atoms with Crippen molar-refractivity contribution in [2.45, 2.75) is 61.3 Å². The van der Waals surface area contributed by atoms with E-state index in [4.69, 9.17) is 10.1 Å². The fourth-order valence-corrected chi connectivity index (χ4v) is 4.22. The topological polar surface area (TPSA) is 33.4 Å². The molecular weight excluding hydrogens is 416 g/mol. The Morgan fingerprint density at radius 2 is 1.91 bits per heavy atom. The molecule has 1 aromatic rings. The molecule has 0 amide bonds. The predicted molar refractivity (Wildman–Crippen MR) is 150 cm³/mol. The molecule has 1 aromatic heterocycles.